The van der Waals surface area contributed by atoms with Crippen LogP contribution in [0.4, 0.5) is 0 Å². The van der Waals surface area contributed by atoms with Crippen molar-refractivity contribution in [3.05, 3.63) is 24.5 Å². The lowest BCUT2D eigenvalue weighted by molar-refractivity contribution is -0.302. The zero-order valence-electron chi connectivity index (χ0n) is 15.5. The molecule has 4 unspecified atom stereocenters. The molecule has 24 heavy (non-hydrogen) atoms. The van der Waals surface area contributed by atoms with Gasteiger partial charge in [-0.3, -0.25) is 0 Å². The van der Waals surface area contributed by atoms with Crippen LogP contribution >= 0.6 is 0 Å². The molecule has 0 aromatic carbocycles. The molecule has 0 saturated carbocycles. The third-order valence-electron chi connectivity index (χ3n) is 2.53. The van der Waals surface area contributed by atoms with Gasteiger partial charge in [-0.2, -0.15) is 0 Å². The number of hydrogen-bond donors (Lipinski definition) is 0. The Labute approximate surface area is 144 Å². The van der Waals surface area contributed by atoms with Crippen molar-refractivity contribution < 1.29 is 33.2 Å². The molecule has 0 aromatic rings. The van der Waals surface area contributed by atoms with E-state index >= 15 is 0 Å². The van der Waals surface area contributed by atoms with Gasteiger partial charge in [-0.25, -0.2) is 4.79 Å². The Bertz CT molecular complexity index is 408. The second-order valence-corrected chi connectivity index (χ2v) is 5.29. The van der Waals surface area contributed by atoms with Crippen LogP contribution in [0.5, 0.6) is 0 Å². The van der Waals surface area contributed by atoms with Crippen molar-refractivity contribution in [1.29, 1.82) is 0 Å². The molecule has 0 rings (SSSR count). The van der Waals surface area contributed by atoms with E-state index in [1.807, 2.05) is 0 Å². The van der Waals surface area contributed by atoms with Gasteiger partial charge in [0.2, 0.25) is 0 Å². The smallest absolute Gasteiger partial charge is 0.333 e. The van der Waals surface area contributed by atoms with Crippen LogP contribution in [0.3, 0.4) is 0 Å². The Balaban J connectivity index is 3.88. The highest BCUT2D eigenvalue weighted by Gasteiger charge is 2.16. The van der Waals surface area contributed by atoms with E-state index in [4.69, 9.17) is 28.4 Å². The van der Waals surface area contributed by atoms with Crippen LogP contribution in [-0.4, -0.2) is 44.3 Å². The van der Waals surface area contributed by atoms with E-state index in [-0.39, 0.29) is 13.2 Å². The van der Waals surface area contributed by atoms with Crippen LogP contribution in [-0.2, 0) is 33.2 Å². The molecule has 7 nitrogen and oxygen atoms in total. The fraction of sp³-hybridized carbons (Fsp3) is 0.706. The average molecular weight is 346 g/mol. The molecular weight excluding hydrogens is 316 g/mol. The van der Waals surface area contributed by atoms with Gasteiger partial charge in [0.05, 0.1) is 12.4 Å². The number of rotatable bonds is 13. The summed E-state index contributed by atoms with van der Waals surface area (Å²) in [6, 6.07) is 0. The molecule has 0 saturated heterocycles. The van der Waals surface area contributed by atoms with Crippen molar-refractivity contribution in [1.82, 2.24) is 0 Å². The Morgan fingerprint density at radius 1 is 0.833 bits per heavy atom. The summed E-state index contributed by atoms with van der Waals surface area (Å²) in [5.41, 5.74) is 0.347. The van der Waals surface area contributed by atoms with Gasteiger partial charge in [-0.1, -0.05) is 13.2 Å². The summed E-state index contributed by atoms with van der Waals surface area (Å²) in [5, 5.41) is 0. The van der Waals surface area contributed by atoms with E-state index in [1.54, 1.807) is 41.5 Å². The molecule has 4 atom stereocenters. The molecule has 0 heterocycles. The Morgan fingerprint density at radius 2 is 1.33 bits per heavy atom. The van der Waals surface area contributed by atoms with Crippen LogP contribution in [0.25, 0.3) is 0 Å². The topological polar surface area (TPSA) is 72.5 Å². The zero-order valence-corrected chi connectivity index (χ0v) is 15.5. The first kappa shape index (κ1) is 22.6. The van der Waals surface area contributed by atoms with E-state index in [1.165, 1.54) is 0 Å². The summed E-state index contributed by atoms with van der Waals surface area (Å²) in [7, 11) is 0. The van der Waals surface area contributed by atoms with Crippen LogP contribution < -0.4 is 0 Å². The standard InChI is InChI=1S/C17H30O7/c1-11(2)17(18)20-10-9-19-13(5)22-15(7)24-16(8)23-14(6)21-12(3)4/h13-16H,1,3,9-10H2,2,4-8H3. The first-order valence-electron chi connectivity index (χ1n) is 7.84. The quantitative estimate of drug-likeness (QED) is 0.167. The lowest BCUT2D eigenvalue weighted by Gasteiger charge is -2.25. The minimum atomic E-state index is -0.551. The van der Waals surface area contributed by atoms with Gasteiger partial charge in [-0.05, 0) is 41.5 Å². The second kappa shape index (κ2) is 12.0. The summed E-state index contributed by atoms with van der Waals surface area (Å²) < 4.78 is 32.0. The second-order valence-electron chi connectivity index (χ2n) is 5.29. The number of carbonyl (C=O) groups excluding carboxylic acids is 1. The van der Waals surface area contributed by atoms with Gasteiger partial charge in [0, 0.05) is 5.57 Å². The van der Waals surface area contributed by atoms with Crippen molar-refractivity contribution >= 4 is 5.97 Å². The fourth-order valence-electron chi connectivity index (χ4n) is 1.70. The molecule has 0 amide bonds. The lowest BCUT2D eigenvalue weighted by atomic mass is 10.4. The largest absolute Gasteiger partial charge is 0.470 e. The predicted octanol–water partition coefficient (Wildman–Crippen LogP) is 3.11. The molecule has 0 radical (unpaired) electrons. The fourth-order valence-corrected chi connectivity index (χ4v) is 1.70. The SMILES string of the molecule is C=C(C)OC(C)OC(C)OC(C)OC(C)OCCOC(=O)C(=C)C. The minimum absolute atomic E-state index is 0.129. The van der Waals surface area contributed by atoms with E-state index in [9.17, 15) is 4.79 Å². The molecule has 0 bridgehead atoms. The molecular formula is C17H30O7. The highest BCUT2D eigenvalue weighted by molar-refractivity contribution is 5.86. The maximum absolute atomic E-state index is 11.2. The molecule has 0 aromatic heterocycles. The predicted molar refractivity (Wildman–Crippen MR) is 88.7 cm³/mol. The monoisotopic (exact) mass is 346 g/mol. The van der Waals surface area contributed by atoms with Crippen LogP contribution in [0.2, 0.25) is 0 Å². The molecule has 0 N–H and O–H groups in total. The number of hydrogen-bond acceptors (Lipinski definition) is 7. The van der Waals surface area contributed by atoms with Gasteiger partial charge >= 0.3 is 5.97 Å². The summed E-state index contributed by atoms with van der Waals surface area (Å²) in [6.07, 6.45) is -2.08. The first-order chi connectivity index (χ1) is 11.1. The van der Waals surface area contributed by atoms with Gasteiger partial charge in [-0.15, -0.1) is 0 Å². The van der Waals surface area contributed by atoms with E-state index in [0.717, 1.165) is 0 Å². The Hall–Kier alpha value is -1.41. The molecule has 0 aliphatic carbocycles. The highest BCUT2D eigenvalue weighted by atomic mass is 16.8. The van der Waals surface area contributed by atoms with Crippen molar-refractivity contribution in [2.24, 2.45) is 0 Å². The molecule has 0 aliphatic heterocycles. The van der Waals surface area contributed by atoms with Gasteiger partial charge in [0.1, 0.15) is 6.61 Å². The van der Waals surface area contributed by atoms with E-state index < -0.39 is 31.1 Å². The van der Waals surface area contributed by atoms with Gasteiger partial charge < -0.3 is 28.4 Å². The van der Waals surface area contributed by atoms with Crippen LogP contribution in [0.1, 0.15) is 41.5 Å². The lowest BCUT2D eigenvalue weighted by Crippen LogP contribution is -2.30. The zero-order chi connectivity index (χ0) is 18.7. The molecule has 140 valence electrons. The van der Waals surface area contributed by atoms with Crippen molar-refractivity contribution in [2.75, 3.05) is 13.2 Å². The number of carbonyl (C=O) groups is 1. The van der Waals surface area contributed by atoms with Crippen molar-refractivity contribution in [2.45, 2.75) is 66.7 Å². The minimum Gasteiger partial charge on any atom is -0.470 e. The summed E-state index contributed by atoms with van der Waals surface area (Å²) in [6.45, 7) is 17.7. The van der Waals surface area contributed by atoms with Gasteiger partial charge in [0.15, 0.2) is 25.2 Å². The molecule has 0 spiro atoms. The van der Waals surface area contributed by atoms with Crippen molar-refractivity contribution in [3.63, 3.8) is 0 Å². The van der Waals surface area contributed by atoms with Crippen molar-refractivity contribution in [3.8, 4) is 0 Å². The maximum Gasteiger partial charge on any atom is 0.333 e. The van der Waals surface area contributed by atoms with Crippen LogP contribution in [0.15, 0.2) is 24.5 Å². The Kier molecular flexibility index (Phi) is 11.3. The first-order valence-corrected chi connectivity index (χ1v) is 7.84. The van der Waals surface area contributed by atoms with Crippen LogP contribution in [0, 0.1) is 0 Å². The molecule has 0 aliphatic rings. The third-order valence-corrected chi connectivity index (χ3v) is 2.53. The molecule has 7 heteroatoms. The summed E-state index contributed by atoms with van der Waals surface area (Å²) in [5.74, 6) is 0.120. The third kappa shape index (κ3) is 12.1. The maximum atomic E-state index is 11.2. The summed E-state index contributed by atoms with van der Waals surface area (Å²) in [4.78, 5) is 11.2. The average Bonchev–Trinajstić information content (AvgIpc) is 2.41. The summed E-state index contributed by atoms with van der Waals surface area (Å²) >= 11 is 0. The van der Waals surface area contributed by atoms with E-state index in [2.05, 4.69) is 13.2 Å². The normalized spacial score (nSPS) is 15.9. The Morgan fingerprint density at radius 3 is 1.83 bits per heavy atom. The molecule has 0 fully saturated rings. The number of esters is 1. The highest BCUT2D eigenvalue weighted by Crippen LogP contribution is 2.09. The number of allylic oxidation sites excluding steroid dienone is 1. The number of ether oxygens (including phenoxy) is 6. The van der Waals surface area contributed by atoms with Gasteiger partial charge in [0.25, 0.3) is 0 Å². The van der Waals surface area contributed by atoms with E-state index in [0.29, 0.717) is 11.3 Å².